The normalized spacial score (nSPS) is 27.6. The zero-order chi connectivity index (χ0) is 7.83. The summed E-state index contributed by atoms with van der Waals surface area (Å²) in [5, 5.41) is 0. The molecule has 0 heteroatoms. The van der Waals surface area contributed by atoms with Gasteiger partial charge < -0.3 is 0 Å². The Morgan fingerprint density at radius 1 is 1.10 bits per heavy atom. The van der Waals surface area contributed by atoms with E-state index < -0.39 is 0 Å². The van der Waals surface area contributed by atoms with Crippen LogP contribution in [0.5, 0.6) is 0 Å². The molecule has 0 aromatic heterocycles. The van der Waals surface area contributed by atoms with Crippen LogP contribution in [0.4, 0.5) is 0 Å². The smallest absolute Gasteiger partial charge is 0.0316 e. The second kappa shape index (κ2) is 2.25. The van der Waals surface area contributed by atoms with Gasteiger partial charge in [0, 0.05) is 0 Å². The SMILES string of the molecule is CCCC1(C)CC(C)(C)C1. The van der Waals surface area contributed by atoms with Crippen LogP contribution in [0.3, 0.4) is 0 Å². The van der Waals surface area contributed by atoms with Crippen LogP contribution in [0, 0.1) is 10.8 Å². The summed E-state index contributed by atoms with van der Waals surface area (Å²) in [6.45, 7) is 9.48. The molecule has 0 saturated heterocycles. The minimum Gasteiger partial charge on any atom is -0.0654 e. The van der Waals surface area contributed by atoms with Gasteiger partial charge in [0.15, 0.2) is 0 Å². The van der Waals surface area contributed by atoms with Gasteiger partial charge in [-0.3, -0.25) is 0 Å². The first-order chi connectivity index (χ1) is 4.47. The van der Waals surface area contributed by atoms with Crippen LogP contribution in [-0.2, 0) is 0 Å². The van der Waals surface area contributed by atoms with Crippen LogP contribution in [0.1, 0.15) is 53.4 Å². The van der Waals surface area contributed by atoms with E-state index in [1.165, 1.54) is 25.7 Å². The molecule has 1 aliphatic rings. The fraction of sp³-hybridized carbons (Fsp3) is 1.00. The summed E-state index contributed by atoms with van der Waals surface area (Å²) in [5.41, 5.74) is 1.36. The Morgan fingerprint density at radius 3 is 1.90 bits per heavy atom. The van der Waals surface area contributed by atoms with Gasteiger partial charge in [0.2, 0.25) is 0 Å². The second-order valence-corrected chi connectivity index (χ2v) is 5.08. The largest absolute Gasteiger partial charge is 0.0654 e. The molecule has 0 aromatic rings. The van der Waals surface area contributed by atoms with Gasteiger partial charge in [0.25, 0.3) is 0 Å². The van der Waals surface area contributed by atoms with E-state index in [9.17, 15) is 0 Å². The number of rotatable bonds is 2. The van der Waals surface area contributed by atoms with E-state index in [0.717, 1.165) is 0 Å². The molecule has 0 bridgehead atoms. The van der Waals surface area contributed by atoms with Gasteiger partial charge in [0.1, 0.15) is 0 Å². The molecule has 0 atom stereocenters. The van der Waals surface area contributed by atoms with Crippen molar-refractivity contribution in [3.8, 4) is 0 Å². The van der Waals surface area contributed by atoms with Crippen molar-refractivity contribution in [3.05, 3.63) is 0 Å². The molecule has 0 aliphatic heterocycles. The Hall–Kier alpha value is 0. The van der Waals surface area contributed by atoms with Crippen molar-refractivity contribution in [2.45, 2.75) is 53.4 Å². The first kappa shape index (κ1) is 8.10. The van der Waals surface area contributed by atoms with E-state index in [1.54, 1.807) is 0 Å². The molecule has 10 heavy (non-hydrogen) atoms. The van der Waals surface area contributed by atoms with E-state index in [0.29, 0.717) is 10.8 Å². The highest BCUT2D eigenvalue weighted by atomic mass is 14.5. The molecular weight excluding hydrogens is 120 g/mol. The predicted molar refractivity (Wildman–Crippen MR) is 46.0 cm³/mol. The van der Waals surface area contributed by atoms with Gasteiger partial charge >= 0.3 is 0 Å². The van der Waals surface area contributed by atoms with Crippen molar-refractivity contribution < 1.29 is 0 Å². The summed E-state index contributed by atoms with van der Waals surface area (Å²) >= 11 is 0. The fourth-order valence-electron chi connectivity index (χ4n) is 3.04. The van der Waals surface area contributed by atoms with Crippen LogP contribution in [0.15, 0.2) is 0 Å². The standard InChI is InChI=1S/C10H20/c1-5-6-10(4)7-9(2,3)8-10/h5-8H2,1-4H3. The Bertz CT molecular complexity index is 114. The minimum atomic E-state index is 0.657. The molecule has 0 radical (unpaired) electrons. The zero-order valence-corrected chi connectivity index (χ0v) is 7.83. The lowest BCUT2D eigenvalue weighted by atomic mass is 9.54. The molecule has 0 nitrogen and oxygen atoms in total. The maximum absolute atomic E-state index is 2.43. The summed E-state index contributed by atoms with van der Waals surface area (Å²) in [6, 6.07) is 0. The summed E-state index contributed by atoms with van der Waals surface area (Å²) in [4.78, 5) is 0. The third-order valence-electron chi connectivity index (χ3n) is 2.66. The summed E-state index contributed by atoms with van der Waals surface area (Å²) in [6.07, 6.45) is 5.66. The molecule has 0 N–H and O–H groups in total. The van der Waals surface area contributed by atoms with Gasteiger partial charge in [-0.05, 0) is 30.1 Å². The predicted octanol–water partition coefficient (Wildman–Crippen LogP) is 3.61. The molecule has 1 rings (SSSR count). The van der Waals surface area contributed by atoms with Crippen LogP contribution >= 0.6 is 0 Å². The van der Waals surface area contributed by atoms with Crippen LogP contribution in [0.2, 0.25) is 0 Å². The lowest BCUT2D eigenvalue weighted by molar-refractivity contribution is -0.00427. The van der Waals surface area contributed by atoms with Gasteiger partial charge in [-0.25, -0.2) is 0 Å². The quantitative estimate of drug-likeness (QED) is 0.549. The molecular formula is C10H20. The van der Waals surface area contributed by atoms with Gasteiger partial charge in [-0.1, -0.05) is 34.1 Å². The molecule has 0 amide bonds. The second-order valence-electron chi connectivity index (χ2n) is 5.08. The topological polar surface area (TPSA) is 0 Å². The fourth-order valence-corrected chi connectivity index (χ4v) is 3.04. The first-order valence-corrected chi connectivity index (χ1v) is 4.47. The Morgan fingerprint density at radius 2 is 1.60 bits per heavy atom. The van der Waals surface area contributed by atoms with E-state index in [1.807, 2.05) is 0 Å². The first-order valence-electron chi connectivity index (χ1n) is 4.47. The van der Waals surface area contributed by atoms with Crippen LogP contribution < -0.4 is 0 Å². The minimum absolute atomic E-state index is 0.657. The van der Waals surface area contributed by atoms with Crippen molar-refractivity contribution in [2.75, 3.05) is 0 Å². The highest BCUT2D eigenvalue weighted by Gasteiger charge is 2.44. The van der Waals surface area contributed by atoms with Gasteiger partial charge in [-0.2, -0.15) is 0 Å². The van der Waals surface area contributed by atoms with Crippen molar-refractivity contribution in [2.24, 2.45) is 10.8 Å². The average molecular weight is 140 g/mol. The molecule has 0 heterocycles. The van der Waals surface area contributed by atoms with Crippen molar-refractivity contribution in [1.82, 2.24) is 0 Å². The Balaban J connectivity index is 2.34. The van der Waals surface area contributed by atoms with Crippen molar-refractivity contribution >= 4 is 0 Å². The third-order valence-corrected chi connectivity index (χ3v) is 2.66. The maximum Gasteiger partial charge on any atom is -0.0316 e. The molecule has 0 unspecified atom stereocenters. The maximum atomic E-state index is 2.43. The van der Waals surface area contributed by atoms with E-state index in [-0.39, 0.29) is 0 Å². The highest BCUT2D eigenvalue weighted by Crippen LogP contribution is 2.55. The molecule has 0 aromatic carbocycles. The third kappa shape index (κ3) is 1.53. The highest BCUT2D eigenvalue weighted by molar-refractivity contribution is 4.95. The molecule has 60 valence electrons. The lowest BCUT2D eigenvalue weighted by Crippen LogP contribution is -2.40. The van der Waals surface area contributed by atoms with Crippen molar-refractivity contribution in [3.63, 3.8) is 0 Å². The molecule has 1 saturated carbocycles. The molecule has 0 spiro atoms. The lowest BCUT2D eigenvalue weighted by Gasteiger charge is -2.51. The van der Waals surface area contributed by atoms with E-state index in [4.69, 9.17) is 0 Å². The Labute approximate surface area is 65.0 Å². The van der Waals surface area contributed by atoms with Crippen molar-refractivity contribution in [1.29, 1.82) is 0 Å². The Kier molecular flexibility index (Phi) is 1.82. The van der Waals surface area contributed by atoms with Gasteiger partial charge in [-0.15, -0.1) is 0 Å². The monoisotopic (exact) mass is 140 g/mol. The molecule has 1 aliphatic carbocycles. The average Bonchev–Trinajstić information content (AvgIpc) is 1.58. The van der Waals surface area contributed by atoms with Gasteiger partial charge in [0.05, 0.1) is 0 Å². The summed E-state index contributed by atoms with van der Waals surface area (Å²) < 4.78 is 0. The van der Waals surface area contributed by atoms with E-state index >= 15 is 0 Å². The van der Waals surface area contributed by atoms with Crippen LogP contribution in [0.25, 0.3) is 0 Å². The van der Waals surface area contributed by atoms with Crippen LogP contribution in [-0.4, -0.2) is 0 Å². The summed E-state index contributed by atoms with van der Waals surface area (Å²) in [7, 11) is 0. The zero-order valence-electron chi connectivity index (χ0n) is 7.83. The summed E-state index contributed by atoms with van der Waals surface area (Å²) in [5.74, 6) is 0. The number of hydrogen-bond donors (Lipinski definition) is 0. The number of hydrogen-bond acceptors (Lipinski definition) is 0. The van der Waals surface area contributed by atoms with E-state index in [2.05, 4.69) is 27.7 Å². The molecule has 1 fully saturated rings.